The number of carboxylic acids is 1. The largest absolute Gasteiger partial charge is 0.481 e. The van der Waals surface area contributed by atoms with E-state index < -0.39 is 12.1 Å². The number of amides is 1. The van der Waals surface area contributed by atoms with Crippen LogP contribution in [-0.2, 0) is 14.3 Å². The van der Waals surface area contributed by atoms with Crippen LogP contribution in [0.5, 0.6) is 0 Å². The lowest BCUT2D eigenvalue weighted by molar-refractivity contribution is -0.138. The van der Waals surface area contributed by atoms with Gasteiger partial charge in [0.15, 0.2) is 5.78 Å². The zero-order valence-electron chi connectivity index (χ0n) is 9.49. The Labute approximate surface area is 94.0 Å². The zero-order valence-corrected chi connectivity index (χ0v) is 9.49. The monoisotopic (exact) mass is 231 g/mol. The van der Waals surface area contributed by atoms with Crippen molar-refractivity contribution in [2.24, 2.45) is 5.92 Å². The number of rotatable bonds is 7. The first kappa shape index (κ1) is 14.4. The van der Waals surface area contributed by atoms with Gasteiger partial charge in [0.25, 0.3) is 0 Å². The molecule has 0 rings (SSSR count). The molecular weight excluding hydrogens is 214 g/mol. The summed E-state index contributed by atoms with van der Waals surface area (Å²) in [7, 11) is 0. The minimum Gasteiger partial charge on any atom is -0.481 e. The standard InChI is InChI=1S/C10H17NO5/c1-7(2)6-16-10(15)11-5-8(12)3-4-9(13)14/h7H,3-6H2,1-2H3,(H,11,15)(H,13,14). The highest BCUT2D eigenvalue weighted by atomic mass is 16.5. The fourth-order valence-corrected chi connectivity index (χ4v) is 0.799. The summed E-state index contributed by atoms with van der Waals surface area (Å²) in [5.41, 5.74) is 0. The number of aliphatic carboxylic acids is 1. The third-order valence-corrected chi connectivity index (χ3v) is 1.60. The normalized spacial score (nSPS) is 9.94. The summed E-state index contributed by atoms with van der Waals surface area (Å²) >= 11 is 0. The third kappa shape index (κ3) is 8.98. The molecule has 0 fully saturated rings. The van der Waals surface area contributed by atoms with Crippen LogP contribution in [0.15, 0.2) is 0 Å². The highest BCUT2D eigenvalue weighted by Crippen LogP contribution is 1.93. The number of carbonyl (C=O) groups is 3. The van der Waals surface area contributed by atoms with Crippen molar-refractivity contribution in [3.63, 3.8) is 0 Å². The molecule has 0 radical (unpaired) electrons. The Morgan fingerprint density at radius 1 is 1.25 bits per heavy atom. The molecular formula is C10H17NO5. The number of alkyl carbamates (subject to hydrolysis) is 1. The first-order chi connectivity index (χ1) is 7.41. The molecule has 16 heavy (non-hydrogen) atoms. The number of carbonyl (C=O) groups excluding carboxylic acids is 2. The van der Waals surface area contributed by atoms with E-state index in [0.29, 0.717) is 0 Å². The molecule has 0 spiro atoms. The van der Waals surface area contributed by atoms with Gasteiger partial charge in [-0.3, -0.25) is 9.59 Å². The van der Waals surface area contributed by atoms with Gasteiger partial charge in [-0.2, -0.15) is 0 Å². The van der Waals surface area contributed by atoms with Gasteiger partial charge in [-0.25, -0.2) is 4.79 Å². The SMILES string of the molecule is CC(C)COC(=O)NCC(=O)CCC(=O)O. The zero-order chi connectivity index (χ0) is 12.6. The summed E-state index contributed by atoms with van der Waals surface area (Å²) in [4.78, 5) is 32.2. The van der Waals surface area contributed by atoms with Crippen molar-refractivity contribution in [2.75, 3.05) is 13.2 Å². The van der Waals surface area contributed by atoms with Gasteiger partial charge >= 0.3 is 12.1 Å². The molecule has 0 aromatic carbocycles. The van der Waals surface area contributed by atoms with Crippen LogP contribution >= 0.6 is 0 Å². The van der Waals surface area contributed by atoms with Crippen molar-refractivity contribution in [1.82, 2.24) is 5.32 Å². The van der Waals surface area contributed by atoms with Crippen LogP contribution in [0.4, 0.5) is 4.79 Å². The van der Waals surface area contributed by atoms with Crippen LogP contribution in [0.2, 0.25) is 0 Å². The molecule has 92 valence electrons. The van der Waals surface area contributed by atoms with E-state index in [1.54, 1.807) is 0 Å². The van der Waals surface area contributed by atoms with Crippen LogP contribution in [-0.4, -0.2) is 36.1 Å². The van der Waals surface area contributed by atoms with Gasteiger partial charge in [-0.1, -0.05) is 13.8 Å². The van der Waals surface area contributed by atoms with E-state index in [9.17, 15) is 14.4 Å². The van der Waals surface area contributed by atoms with E-state index in [0.717, 1.165) is 0 Å². The van der Waals surface area contributed by atoms with Gasteiger partial charge < -0.3 is 15.2 Å². The van der Waals surface area contributed by atoms with E-state index >= 15 is 0 Å². The minimum atomic E-state index is -1.03. The smallest absolute Gasteiger partial charge is 0.407 e. The average Bonchev–Trinajstić information content (AvgIpc) is 2.20. The predicted molar refractivity (Wildman–Crippen MR) is 56.1 cm³/mol. The second-order valence-corrected chi connectivity index (χ2v) is 3.78. The molecule has 0 saturated carbocycles. The summed E-state index contributed by atoms with van der Waals surface area (Å²) in [5, 5.41) is 10.6. The maximum Gasteiger partial charge on any atom is 0.407 e. The van der Waals surface area contributed by atoms with Crippen LogP contribution in [0.25, 0.3) is 0 Å². The molecule has 6 heteroatoms. The number of hydrogen-bond donors (Lipinski definition) is 2. The van der Waals surface area contributed by atoms with Crippen molar-refractivity contribution < 1.29 is 24.2 Å². The van der Waals surface area contributed by atoms with Crippen LogP contribution in [0, 0.1) is 5.92 Å². The maximum atomic E-state index is 11.1. The number of hydrogen-bond acceptors (Lipinski definition) is 4. The lowest BCUT2D eigenvalue weighted by Gasteiger charge is -2.07. The fourth-order valence-electron chi connectivity index (χ4n) is 0.799. The lowest BCUT2D eigenvalue weighted by atomic mass is 10.2. The molecule has 0 bridgehead atoms. The van der Waals surface area contributed by atoms with Gasteiger partial charge in [0.2, 0.25) is 0 Å². The van der Waals surface area contributed by atoms with E-state index in [-0.39, 0.29) is 37.7 Å². The van der Waals surface area contributed by atoms with Gasteiger partial charge in [0.05, 0.1) is 19.6 Å². The average molecular weight is 231 g/mol. The highest BCUT2D eigenvalue weighted by Gasteiger charge is 2.08. The Morgan fingerprint density at radius 2 is 1.88 bits per heavy atom. The van der Waals surface area contributed by atoms with Crippen LogP contribution in [0.3, 0.4) is 0 Å². The second kappa shape index (κ2) is 7.67. The van der Waals surface area contributed by atoms with Crippen molar-refractivity contribution in [2.45, 2.75) is 26.7 Å². The third-order valence-electron chi connectivity index (χ3n) is 1.60. The summed E-state index contributed by atoms with van der Waals surface area (Å²) in [5.74, 6) is -1.13. The molecule has 1 amide bonds. The Bertz CT molecular complexity index is 262. The molecule has 0 saturated heterocycles. The summed E-state index contributed by atoms with van der Waals surface area (Å²) < 4.78 is 4.76. The summed E-state index contributed by atoms with van der Waals surface area (Å²) in [6, 6.07) is 0. The highest BCUT2D eigenvalue weighted by molar-refractivity contribution is 5.86. The van der Waals surface area contributed by atoms with E-state index in [4.69, 9.17) is 9.84 Å². The van der Waals surface area contributed by atoms with Crippen LogP contribution in [0.1, 0.15) is 26.7 Å². The lowest BCUT2D eigenvalue weighted by Crippen LogP contribution is -2.31. The molecule has 0 heterocycles. The maximum absolute atomic E-state index is 11.1. The number of nitrogens with one attached hydrogen (secondary N) is 1. The second-order valence-electron chi connectivity index (χ2n) is 3.78. The Kier molecular flexibility index (Phi) is 6.91. The molecule has 0 aromatic rings. The molecule has 0 aliphatic heterocycles. The predicted octanol–water partition coefficient (Wildman–Crippen LogP) is 0.802. The van der Waals surface area contributed by atoms with Crippen molar-refractivity contribution in [3.8, 4) is 0 Å². The van der Waals surface area contributed by atoms with E-state index in [2.05, 4.69) is 5.32 Å². The Hall–Kier alpha value is -1.59. The van der Waals surface area contributed by atoms with Gasteiger partial charge in [-0.05, 0) is 5.92 Å². The fraction of sp³-hybridized carbons (Fsp3) is 0.700. The minimum absolute atomic E-state index is 0.0835. The Morgan fingerprint density at radius 3 is 2.38 bits per heavy atom. The summed E-state index contributed by atoms with van der Waals surface area (Å²) in [6.07, 6.45) is -0.959. The van der Waals surface area contributed by atoms with E-state index in [1.165, 1.54) is 0 Å². The first-order valence-electron chi connectivity index (χ1n) is 5.06. The molecule has 2 N–H and O–H groups in total. The number of Topliss-reactive ketones (excluding diaryl/α,β-unsaturated/α-hetero) is 1. The first-order valence-corrected chi connectivity index (χ1v) is 5.06. The molecule has 6 nitrogen and oxygen atoms in total. The van der Waals surface area contributed by atoms with Gasteiger partial charge in [0, 0.05) is 6.42 Å². The number of ketones is 1. The van der Waals surface area contributed by atoms with Crippen molar-refractivity contribution in [1.29, 1.82) is 0 Å². The van der Waals surface area contributed by atoms with Crippen LogP contribution < -0.4 is 5.32 Å². The molecule has 0 aromatic heterocycles. The van der Waals surface area contributed by atoms with Crippen molar-refractivity contribution >= 4 is 17.8 Å². The number of carboxylic acid groups (broad SMARTS) is 1. The Balaban J connectivity index is 3.59. The molecule has 0 aliphatic rings. The number of ether oxygens (including phenoxy) is 1. The van der Waals surface area contributed by atoms with Crippen molar-refractivity contribution in [3.05, 3.63) is 0 Å². The molecule has 0 atom stereocenters. The summed E-state index contributed by atoms with van der Waals surface area (Å²) in [6.45, 7) is 3.88. The molecule has 0 unspecified atom stereocenters. The van der Waals surface area contributed by atoms with Gasteiger partial charge in [0.1, 0.15) is 0 Å². The van der Waals surface area contributed by atoms with Gasteiger partial charge in [-0.15, -0.1) is 0 Å². The topological polar surface area (TPSA) is 92.7 Å². The molecule has 0 aliphatic carbocycles. The quantitative estimate of drug-likeness (QED) is 0.676. The van der Waals surface area contributed by atoms with E-state index in [1.807, 2.05) is 13.8 Å².